The number of amides is 1. The van der Waals surface area contributed by atoms with Crippen molar-refractivity contribution in [2.45, 2.75) is 5.92 Å². The highest BCUT2D eigenvalue weighted by Gasteiger charge is 2.27. The first-order valence-electron chi connectivity index (χ1n) is 5.21. The second kappa shape index (κ2) is 4.95. The summed E-state index contributed by atoms with van der Waals surface area (Å²) in [5.41, 5.74) is 7.66. The van der Waals surface area contributed by atoms with E-state index in [1.165, 1.54) is 11.3 Å². The lowest BCUT2D eigenvalue weighted by molar-refractivity contribution is 0.0118. The summed E-state index contributed by atoms with van der Waals surface area (Å²) in [5, 5.41) is 2.16. The van der Waals surface area contributed by atoms with E-state index in [4.69, 9.17) is 5.73 Å². The molecule has 1 amide bonds. The minimum Gasteiger partial charge on any atom is -0.346 e. The Labute approximate surface area is 106 Å². The van der Waals surface area contributed by atoms with Crippen LogP contribution < -0.4 is 11.1 Å². The third-order valence-corrected chi connectivity index (χ3v) is 3.19. The molecule has 7 heteroatoms. The highest BCUT2D eigenvalue weighted by atomic mass is 32.1. The number of nitrogens with one attached hydrogen (secondary N) is 1. The first-order valence-corrected chi connectivity index (χ1v) is 6.09. The Morgan fingerprint density at radius 3 is 3.00 bits per heavy atom. The fraction of sp³-hybridized carbons (Fsp3) is 0.273. The molecule has 0 saturated carbocycles. The first-order chi connectivity index (χ1) is 8.52. The SMILES string of the molecule is NCC(F)(F)CNC(=O)c1ccc2ncsc2c1. The summed E-state index contributed by atoms with van der Waals surface area (Å²) >= 11 is 1.39. The molecular weight excluding hydrogens is 260 g/mol. The van der Waals surface area contributed by atoms with Gasteiger partial charge in [0.05, 0.1) is 28.8 Å². The van der Waals surface area contributed by atoms with Crippen molar-refractivity contribution in [1.82, 2.24) is 10.3 Å². The third-order valence-electron chi connectivity index (χ3n) is 2.40. The number of rotatable bonds is 4. The van der Waals surface area contributed by atoms with Crippen molar-refractivity contribution < 1.29 is 13.6 Å². The van der Waals surface area contributed by atoms with Crippen LogP contribution in [-0.4, -0.2) is 29.9 Å². The van der Waals surface area contributed by atoms with E-state index in [1.807, 2.05) is 0 Å². The molecule has 0 unspecified atom stereocenters. The summed E-state index contributed by atoms with van der Waals surface area (Å²) in [6.07, 6.45) is 0. The van der Waals surface area contributed by atoms with Crippen molar-refractivity contribution in [3.05, 3.63) is 29.3 Å². The van der Waals surface area contributed by atoms with Gasteiger partial charge in [-0.1, -0.05) is 0 Å². The fourth-order valence-electron chi connectivity index (χ4n) is 1.38. The number of hydrogen-bond acceptors (Lipinski definition) is 4. The molecule has 0 saturated heterocycles. The number of nitrogens with two attached hydrogens (primary N) is 1. The Kier molecular flexibility index (Phi) is 3.53. The molecule has 2 rings (SSSR count). The van der Waals surface area contributed by atoms with Crippen molar-refractivity contribution in [3.63, 3.8) is 0 Å². The monoisotopic (exact) mass is 271 g/mol. The molecular formula is C11H11F2N3OS. The summed E-state index contributed by atoms with van der Waals surface area (Å²) in [6, 6.07) is 4.86. The number of benzene rings is 1. The van der Waals surface area contributed by atoms with Crippen molar-refractivity contribution >= 4 is 27.5 Å². The summed E-state index contributed by atoms with van der Waals surface area (Å²) in [6.45, 7) is -1.55. The number of nitrogens with zero attached hydrogens (tertiary/aromatic N) is 1. The lowest BCUT2D eigenvalue weighted by Gasteiger charge is -2.14. The van der Waals surface area contributed by atoms with Crippen LogP contribution in [-0.2, 0) is 0 Å². The second-order valence-corrected chi connectivity index (χ2v) is 4.66. The summed E-state index contributed by atoms with van der Waals surface area (Å²) in [7, 11) is 0. The normalized spacial score (nSPS) is 11.7. The molecule has 4 nitrogen and oxygen atoms in total. The van der Waals surface area contributed by atoms with E-state index in [-0.39, 0.29) is 0 Å². The topological polar surface area (TPSA) is 68.0 Å². The number of fused-ring (bicyclic) bond motifs is 1. The zero-order valence-electron chi connectivity index (χ0n) is 9.32. The van der Waals surface area contributed by atoms with Crippen molar-refractivity contribution in [2.24, 2.45) is 5.73 Å². The summed E-state index contributed by atoms with van der Waals surface area (Å²) < 4.78 is 26.6. The number of thiazole rings is 1. The van der Waals surface area contributed by atoms with Crippen LogP contribution in [0.3, 0.4) is 0 Å². The average Bonchev–Trinajstić information content (AvgIpc) is 2.83. The molecule has 0 aliphatic rings. The molecule has 3 N–H and O–H groups in total. The van der Waals surface area contributed by atoms with E-state index < -0.39 is 24.9 Å². The van der Waals surface area contributed by atoms with Crippen molar-refractivity contribution in [3.8, 4) is 0 Å². The standard InChI is InChI=1S/C11H11F2N3OS/c12-11(13,4-14)5-15-10(17)7-1-2-8-9(3-7)18-6-16-8/h1-3,6H,4-5,14H2,(H,15,17). The molecule has 0 radical (unpaired) electrons. The highest BCUT2D eigenvalue weighted by Crippen LogP contribution is 2.19. The molecule has 1 aromatic heterocycles. The van der Waals surface area contributed by atoms with Gasteiger partial charge in [-0.25, -0.2) is 13.8 Å². The molecule has 0 aliphatic carbocycles. The molecule has 0 bridgehead atoms. The highest BCUT2D eigenvalue weighted by molar-refractivity contribution is 7.16. The minimum absolute atomic E-state index is 0.333. The van der Waals surface area contributed by atoms with Gasteiger partial charge in [0.1, 0.15) is 0 Å². The summed E-state index contributed by atoms with van der Waals surface area (Å²) in [4.78, 5) is 15.7. The Morgan fingerprint density at radius 1 is 1.50 bits per heavy atom. The van der Waals surface area contributed by atoms with Gasteiger partial charge in [0, 0.05) is 5.56 Å². The fourth-order valence-corrected chi connectivity index (χ4v) is 2.10. The van der Waals surface area contributed by atoms with Gasteiger partial charge in [-0.15, -0.1) is 11.3 Å². The number of aromatic nitrogens is 1. The predicted molar refractivity (Wildman–Crippen MR) is 66.0 cm³/mol. The van der Waals surface area contributed by atoms with E-state index in [0.29, 0.717) is 5.56 Å². The summed E-state index contributed by atoms with van der Waals surface area (Å²) in [5.74, 6) is -3.62. The maximum Gasteiger partial charge on any atom is 0.277 e. The zero-order valence-corrected chi connectivity index (χ0v) is 10.1. The first kappa shape index (κ1) is 12.8. The van der Waals surface area contributed by atoms with Gasteiger partial charge >= 0.3 is 0 Å². The molecule has 96 valence electrons. The Bertz CT molecular complexity index is 570. The molecule has 18 heavy (non-hydrogen) atoms. The van der Waals surface area contributed by atoms with E-state index in [9.17, 15) is 13.6 Å². The Balaban J connectivity index is 2.08. The average molecular weight is 271 g/mol. The number of carbonyl (C=O) groups excluding carboxylic acids is 1. The zero-order chi connectivity index (χ0) is 13.2. The van der Waals surface area contributed by atoms with E-state index in [0.717, 1.165) is 10.2 Å². The molecule has 1 aromatic carbocycles. The van der Waals surface area contributed by atoms with Gasteiger partial charge in [0.2, 0.25) is 0 Å². The van der Waals surface area contributed by atoms with Crippen LogP contribution in [0, 0.1) is 0 Å². The smallest absolute Gasteiger partial charge is 0.277 e. The quantitative estimate of drug-likeness (QED) is 0.888. The van der Waals surface area contributed by atoms with Crippen LogP contribution in [0.1, 0.15) is 10.4 Å². The van der Waals surface area contributed by atoms with E-state index in [1.54, 1.807) is 23.7 Å². The minimum atomic E-state index is -3.08. The third kappa shape index (κ3) is 2.80. The van der Waals surface area contributed by atoms with Crippen LogP contribution in [0.15, 0.2) is 23.7 Å². The van der Waals surface area contributed by atoms with Crippen LogP contribution >= 0.6 is 11.3 Å². The number of alkyl halides is 2. The molecule has 0 fully saturated rings. The lowest BCUT2D eigenvalue weighted by Crippen LogP contribution is -2.41. The predicted octanol–water partition coefficient (Wildman–Crippen LogP) is 1.62. The Morgan fingerprint density at radius 2 is 2.28 bits per heavy atom. The maximum absolute atomic E-state index is 12.9. The van der Waals surface area contributed by atoms with Crippen LogP contribution in [0.2, 0.25) is 0 Å². The van der Waals surface area contributed by atoms with Gasteiger partial charge in [-0.2, -0.15) is 0 Å². The molecule has 1 heterocycles. The maximum atomic E-state index is 12.9. The molecule has 0 aliphatic heterocycles. The lowest BCUT2D eigenvalue weighted by atomic mass is 10.2. The van der Waals surface area contributed by atoms with Crippen LogP contribution in [0.5, 0.6) is 0 Å². The van der Waals surface area contributed by atoms with E-state index in [2.05, 4.69) is 10.3 Å². The number of hydrogen-bond donors (Lipinski definition) is 2. The van der Waals surface area contributed by atoms with Gasteiger partial charge in [-0.3, -0.25) is 4.79 Å². The van der Waals surface area contributed by atoms with E-state index >= 15 is 0 Å². The number of carbonyl (C=O) groups is 1. The van der Waals surface area contributed by atoms with Crippen molar-refractivity contribution in [2.75, 3.05) is 13.1 Å². The van der Waals surface area contributed by atoms with Gasteiger partial charge in [0.25, 0.3) is 11.8 Å². The second-order valence-electron chi connectivity index (χ2n) is 3.78. The Hall–Kier alpha value is -1.60. The van der Waals surface area contributed by atoms with Gasteiger partial charge in [-0.05, 0) is 18.2 Å². The molecule has 0 spiro atoms. The largest absolute Gasteiger partial charge is 0.346 e. The van der Waals surface area contributed by atoms with Crippen LogP contribution in [0.4, 0.5) is 8.78 Å². The number of halogens is 2. The van der Waals surface area contributed by atoms with Crippen LogP contribution in [0.25, 0.3) is 10.2 Å². The van der Waals surface area contributed by atoms with Gasteiger partial charge < -0.3 is 11.1 Å². The molecule has 0 atom stereocenters. The van der Waals surface area contributed by atoms with Crippen molar-refractivity contribution in [1.29, 1.82) is 0 Å². The van der Waals surface area contributed by atoms with Gasteiger partial charge in [0.15, 0.2) is 0 Å². The molecule has 2 aromatic rings.